The zero-order chi connectivity index (χ0) is 36.5. The maximum atomic E-state index is 14.7. The third-order valence-corrected chi connectivity index (χ3v) is 7.92. The summed E-state index contributed by atoms with van der Waals surface area (Å²) in [5.41, 5.74) is 9.58. The van der Waals surface area contributed by atoms with Crippen molar-refractivity contribution >= 4 is 28.3 Å². The number of carbonyl (C=O) groups is 1. The smallest absolute Gasteiger partial charge is 0.289 e. The number of rotatable bonds is 8. The summed E-state index contributed by atoms with van der Waals surface area (Å²) >= 11 is 0. The number of aliphatic imine (C=N–C) groups is 1. The van der Waals surface area contributed by atoms with Crippen LogP contribution in [-0.4, -0.2) is 56.0 Å². The first-order valence-corrected chi connectivity index (χ1v) is 15.4. The molecule has 1 atom stereocenters. The molecule has 0 aliphatic heterocycles. The molecule has 2 heterocycles. The van der Waals surface area contributed by atoms with Crippen LogP contribution in [0.25, 0.3) is 22.0 Å². The number of pyridine rings is 1. The van der Waals surface area contributed by atoms with Crippen molar-refractivity contribution in [3.63, 3.8) is 0 Å². The van der Waals surface area contributed by atoms with Gasteiger partial charge in [-0.2, -0.15) is 13.9 Å². The minimum absolute atomic E-state index is 0.111. The average molecular weight is 698 g/mol. The highest BCUT2D eigenvalue weighted by molar-refractivity contribution is 6.08. The minimum Gasteiger partial charge on any atom is -0.397 e. The van der Waals surface area contributed by atoms with Gasteiger partial charge in [0, 0.05) is 41.6 Å². The predicted molar refractivity (Wildman–Crippen MR) is 176 cm³/mol. The summed E-state index contributed by atoms with van der Waals surface area (Å²) in [6.07, 6.45) is -4.71. The summed E-state index contributed by atoms with van der Waals surface area (Å²) in [6.45, 7) is 2.02. The molecular formula is C35H33F6N7O2. The number of hydrogen-bond acceptors (Lipinski definition) is 7. The van der Waals surface area contributed by atoms with Crippen molar-refractivity contribution in [3.8, 4) is 23.0 Å². The SMILES string of the molecule is Cn1nc(N)c2cccc(-c3ccc(C#CC(C)(C)O)nc3C(Cc3cc(F)cc(F)c3)NC(=O)CN=C3C(=C(N)C(F)F)CCC3(F)F)c21. The van der Waals surface area contributed by atoms with E-state index >= 15 is 0 Å². The third kappa shape index (κ3) is 7.92. The van der Waals surface area contributed by atoms with Crippen molar-refractivity contribution in [2.75, 3.05) is 12.3 Å². The number of nitrogens with two attached hydrogens (primary N) is 2. The highest BCUT2D eigenvalue weighted by atomic mass is 19.3. The van der Waals surface area contributed by atoms with Gasteiger partial charge in [0.1, 0.15) is 35.2 Å². The van der Waals surface area contributed by atoms with Gasteiger partial charge in [-0.25, -0.2) is 22.5 Å². The van der Waals surface area contributed by atoms with E-state index in [1.165, 1.54) is 13.8 Å². The maximum Gasteiger partial charge on any atom is 0.289 e. The molecule has 4 aromatic rings. The fourth-order valence-corrected chi connectivity index (χ4v) is 5.77. The molecule has 262 valence electrons. The number of aliphatic hydroxyl groups is 1. The van der Waals surface area contributed by atoms with E-state index in [1.54, 1.807) is 42.1 Å². The number of carbonyl (C=O) groups excluding carboxylic acids is 1. The Morgan fingerprint density at radius 3 is 2.50 bits per heavy atom. The molecule has 6 N–H and O–H groups in total. The average Bonchev–Trinajstić information content (AvgIpc) is 3.50. The number of nitrogens with zero attached hydrogens (tertiary/aromatic N) is 4. The molecule has 1 saturated carbocycles. The monoisotopic (exact) mass is 697 g/mol. The van der Waals surface area contributed by atoms with Gasteiger partial charge in [0.25, 0.3) is 12.3 Å². The van der Waals surface area contributed by atoms with Gasteiger partial charge in [0.05, 0.1) is 22.9 Å². The molecule has 2 aromatic carbocycles. The highest BCUT2D eigenvalue weighted by Gasteiger charge is 2.45. The Bertz CT molecular complexity index is 2070. The molecule has 1 amide bonds. The lowest BCUT2D eigenvalue weighted by molar-refractivity contribution is -0.120. The summed E-state index contributed by atoms with van der Waals surface area (Å²) in [6, 6.07) is 10.1. The number of hydrogen-bond donors (Lipinski definition) is 4. The first-order valence-electron chi connectivity index (χ1n) is 15.4. The second kappa shape index (κ2) is 13.9. The number of nitrogen functional groups attached to an aromatic ring is 1. The first kappa shape index (κ1) is 35.9. The molecule has 50 heavy (non-hydrogen) atoms. The molecule has 1 fully saturated rings. The Kier molecular flexibility index (Phi) is 9.97. The van der Waals surface area contributed by atoms with Crippen LogP contribution in [0, 0.1) is 23.5 Å². The van der Waals surface area contributed by atoms with Crippen molar-refractivity contribution in [1.29, 1.82) is 0 Å². The van der Waals surface area contributed by atoms with E-state index in [1.807, 2.05) is 0 Å². The van der Waals surface area contributed by atoms with Gasteiger partial charge < -0.3 is 21.9 Å². The zero-order valence-electron chi connectivity index (χ0n) is 27.2. The highest BCUT2D eigenvalue weighted by Crippen LogP contribution is 2.39. The van der Waals surface area contributed by atoms with Gasteiger partial charge >= 0.3 is 0 Å². The summed E-state index contributed by atoms with van der Waals surface area (Å²) in [5.74, 6) is -0.614. The number of amides is 1. The van der Waals surface area contributed by atoms with Crippen LogP contribution in [0.2, 0.25) is 0 Å². The molecule has 1 aliphatic rings. The van der Waals surface area contributed by atoms with Crippen LogP contribution < -0.4 is 16.8 Å². The van der Waals surface area contributed by atoms with Crippen LogP contribution in [0.1, 0.15) is 49.7 Å². The number of aromatic nitrogens is 3. The second-order valence-corrected chi connectivity index (χ2v) is 12.4. The number of allylic oxidation sites excluding steroid dienone is 2. The largest absolute Gasteiger partial charge is 0.397 e. The van der Waals surface area contributed by atoms with Crippen molar-refractivity contribution in [2.24, 2.45) is 17.8 Å². The number of anilines is 1. The van der Waals surface area contributed by atoms with Crippen LogP contribution in [0.4, 0.5) is 32.2 Å². The van der Waals surface area contributed by atoms with Crippen LogP contribution in [-0.2, 0) is 18.3 Å². The van der Waals surface area contributed by atoms with E-state index in [2.05, 4.69) is 27.2 Å². The number of alkyl halides is 4. The maximum absolute atomic E-state index is 14.7. The number of aryl methyl sites for hydroxylation is 1. The molecule has 0 bridgehead atoms. The van der Waals surface area contributed by atoms with E-state index < -0.39 is 77.9 Å². The number of benzene rings is 2. The van der Waals surface area contributed by atoms with Crippen molar-refractivity contribution in [1.82, 2.24) is 20.1 Å². The number of para-hydroxylation sites is 1. The topological polar surface area (TPSA) is 144 Å². The second-order valence-electron chi connectivity index (χ2n) is 12.4. The Balaban J connectivity index is 1.65. The molecule has 9 nitrogen and oxygen atoms in total. The molecule has 1 aliphatic carbocycles. The summed E-state index contributed by atoms with van der Waals surface area (Å²) in [4.78, 5) is 21.9. The quantitative estimate of drug-likeness (QED) is 0.144. The third-order valence-electron chi connectivity index (χ3n) is 7.92. The van der Waals surface area contributed by atoms with E-state index in [9.17, 15) is 36.2 Å². The van der Waals surface area contributed by atoms with E-state index in [0.717, 1.165) is 12.1 Å². The number of nitrogens with one attached hydrogen (secondary N) is 1. The van der Waals surface area contributed by atoms with E-state index in [4.69, 9.17) is 16.5 Å². The Morgan fingerprint density at radius 2 is 1.84 bits per heavy atom. The fraction of sp³-hybridized carbons (Fsp3) is 0.314. The zero-order valence-corrected chi connectivity index (χ0v) is 27.2. The molecular weight excluding hydrogens is 664 g/mol. The lowest BCUT2D eigenvalue weighted by atomic mass is 9.93. The van der Waals surface area contributed by atoms with Gasteiger partial charge in [0.2, 0.25) is 5.91 Å². The Labute approximate surface area is 283 Å². The molecule has 15 heteroatoms. The lowest BCUT2D eigenvalue weighted by Crippen LogP contribution is -2.34. The standard InChI is InChI=1S/C35H33F6N7O2/c1-34(2,50)11-9-21-7-8-22(23-5-4-6-25-30(23)48(3)47-33(25)43)29(45-21)26(15-18-13-19(36)16-20(37)14-18)46-27(49)17-44-31-24(28(42)32(38)39)10-12-35(31,40)41/h4-8,13-14,16,26,32,50H,10,12,15,17,42H2,1-3H3,(H2,43,47)(H,46,49). The molecule has 5 rings (SSSR count). The van der Waals surface area contributed by atoms with Gasteiger partial charge in [-0.15, -0.1) is 0 Å². The molecule has 2 aromatic heterocycles. The van der Waals surface area contributed by atoms with Gasteiger partial charge in [0.15, 0.2) is 5.82 Å². The predicted octanol–water partition coefficient (Wildman–Crippen LogP) is 5.37. The summed E-state index contributed by atoms with van der Waals surface area (Å²) in [7, 11) is 1.68. The fourth-order valence-electron chi connectivity index (χ4n) is 5.77. The number of halogens is 6. The summed E-state index contributed by atoms with van der Waals surface area (Å²) < 4.78 is 86.3. The lowest BCUT2D eigenvalue weighted by Gasteiger charge is -2.22. The van der Waals surface area contributed by atoms with Crippen LogP contribution in [0.5, 0.6) is 0 Å². The first-order chi connectivity index (χ1) is 23.4. The Hall–Kier alpha value is -5.36. The summed E-state index contributed by atoms with van der Waals surface area (Å²) in [5, 5.41) is 17.8. The Morgan fingerprint density at radius 1 is 1.14 bits per heavy atom. The van der Waals surface area contributed by atoms with E-state index in [-0.39, 0.29) is 29.2 Å². The number of fused-ring (bicyclic) bond motifs is 1. The van der Waals surface area contributed by atoms with Gasteiger partial charge in [-0.1, -0.05) is 18.1 Å². The molecule has 1 unspecified atom stereocenters. The van der Waals surface area contributed by atoms with E-state index in [0.29, 0.717) is 28.1 Å². The van der Waals surface area contributed by atoms with Crippen LogP contribution in [0.15, 0.2) is 64.8 Å². The van der Waals surface area contributed by atoms with Gasteiger partial charge in [-0.3, -0.25) is 14.5 Å². The minimum atomic E-state index is -3.60. The van der Waals surface area contributed by atoms with Crippen molar-refractivity contribution in [2.45, 2.75) is 57.1 Å². The van der Waals surface area contributed by atoms with Crippen LogP contribution in [0.3, 0.4) is 0 Å². The molecule has 0 saturated heterocycles. The van der Waals surface area contributed by atoms with Crippen LogP contribution >= 0.6 is 0 Å². The van der Waals surface area contributed by atoms with Gasteiger partial charge in [-0.05, 0) is 68.5 Å². The molecule has 0 radical (unpaired) electrons. The van der Waals surface area contributed by atoms with Crippen molar-refractivity contribution < 1.29 is 36.2 Å². The van der Waals surface area contributed by atoms with Crippen molar-refractivity contribution in [3.05, 3.63) is 88.4 Å². The normalized spacial score (nSPS) is 16.8. The molecule has 0 spiro atoms.